The number of hydrogen-bond donors (Lipinski definition) is 1. The molecule has 1 atom stereocenters. The molecule has 0 unspecified atom stereocenters. The summed E-state index contributed by atoms with van der Waals surface area (Å²) in [7, 11) is 0. The minimum Gasteiger partial charge on any atom is -0.484 e. The van der Waals surface area contributed by atoms with Crippen molar-refractivity contribution in [2.45, 2.75) is 13.0 Å². The molecule has 0 aromatic heterocycles. The molecule has 5 nitrogen and oxygen atoms in total. The molecule has 1 aliphatic rings. The van der Waals surface area contributed by atoms with Gasteiger partial charge in [-0.25, -0.2) is 0 Å². The Labute approximate surface area is 177 Å². The number of fused-ring (bicyclic) bond motifs is 1. The molecule has 0 spiro atoms. The van der Waals surface area contributed by atoms with Gasteiger partial charge in [-0.3, -0.25) is 9.69 Å². The van der Waals surface area contributed by atoms with E-state index in [2.05, 4.69) is 47.5 Å². The van der Waals surface area contributed by atoms with Gasteiger partial charge in [0.25, 0.3) is 5.91 Å². The van der Waals surface area contributed by atoms with Gasteiger partial charge in [0.15, 0.2) is 6.61 Å². The molecule has 5 heteroatoms. The average Bonchev–Trinajstić information content (AvgIpc) is 2.78. The Morgan fingerprint density at radius 2 is 1.77 bits per heavy atom. The Kier molecular flexibility index (Phi) is 6.62. The van der Waals surface area contributed by atoms with Crippen LogP contribution in [-0.4, -0.2) is 50.3 Å². The van der Waals surface area contributed by atoms with Gasteiger partial charge in [-0.1, -0.05) is 60.2 Å². The fraction of sp³-hybridized carbons (Fsp3) is 0.320. The van der Waals surface area contributed by atoms with Crippen LogP contribution in [0.5, 0.6) is 5.75 Å². The smallest absolute Gasteiger partial charge is 0.258 e. The van der Waals surface area contributed by atoms with Crippen LogP contribution in [0.4, 0.5) is 0 Å². The van der Waals surface area contributed by atoms with Gasteiger partial charge in [0.1, 0.15) is 5.75 Å². The van der Waals surface area contributed by atoms with E-state index in [1.54, 1.807) is 0 Å². The highest BCUT2D eigenvalue weighted by Crippen LogP contribution is 2.21. The average molecular weight is 405 g/mol. The molecule has 0 radical (unpaired) electrons. The monoisotopic (exact) mass is 404 g/mol. The van der Waals surface area contributed by atoms with Crippen LogP contribution in [0.2, 0.25) is 0 Å². The van der Waals surface area contributed by atoms with E-state index in [0.717, 1.165) is 49.2 Å². The third kappa shape index (κ3) is 5.38. The first-order valence-corrected chi connectivity index (χ1v) is 10.4. The summed E-state index contributed by atoms with van der Waals surface area (Å²) in [5.74, 6) is 0.575. The van der Waals surface area contributed by atoms with E-state index in [1.165, 1.54) is 5.56 Å². The van der Waals surface area contributed by atoms with Gasteiger partial charge in [0.2, 0.25) is 0 Å². The molecule has 1 fully saturated rings. The van der Waals surface area contributed by atoms with Crippen LogP contribution in [0.15, 0.2) is 66.7 Å². The lowest BCUT2D eigenvalue weighted by Crippen LogP contribution is -2.44. The van der Waals surface area contributed by atoms with Crippen molar-refractivity contribution in [1.82, 2.24) is 10.2 Å². The van der Waals surface area contributed by atoms with Crippen molar-refractivity contribution in [2.24, 2.45) is 0 Å². The second kappa shape index (κ2) is 9.74. The van der Waals surface area contributed by atoms with Crippen molar-refractivity contribution in [3.8, 4) is 5.75 Å². The number of amides is 1. The zero-order valence-electron chi connectivity index (χ0n) is 17.3. The normalized spacial score (nSPS) is 15.6. The van der Waals surface area contributed by atoms with Crippen molar-refractivity contribution in [3.05, 3.63) is 77.9 Å². The predicted octanol–water partition coefficient (Wildman–Crippen LogP) is 3.72. The van der Waals surface area contributed by atoms with Gasteiger partial charge in [-0.15, -0.1) is 0 Å². The highest BCUT2D eigenvalue weighted by Gasteiger charge is 2.20. The Morgan fingerprint density at radius 3 is 2.53 bits per heavy atom. The van der Waals surface area contributed by atoms with Crippen LogP contribution >= 0.6 is 0 Å². The fourth-order valence-electron chi connectivity index (χ4n) is 3.72. The van der Waals surface area contributed by atoms with Gasteiger partial charge < -0.3 is 14.8 Å². The molecule has 0 aliphatic carbocycles. The fourth-order valence-corrected chi connectivity index (χ4v) is 3.72. The van der Waals surface area contributed by atoms with Crippen molar-refractivity contribution in [2.75, 3.05) is 39.5 Å². The van der Waals surface area contributed by atoms with Crippen LogP contribution in [-0.2, 0) is 9.53 Å². The number of ether oxygens (including phenoxy) is 2. The summed E-state index contributed by atoms with van der Waals surface area (Å²) in [5, 5.41) is 5.41. The molecule has 1 heterocycles. The summed E-state index contributed by atoms with van der Waals surface area (Å²) in [6.45, 7) is 6.05. The third-order valence-corrected chi connectivity index (χ3v) is 5.45. The minimum absolute atomic E-state index is 0.0101. The minimum atomic E-state index is -0.123. The summed E-state index contributed by atoms with van der Waals surface area (Å²) in [5.41, 5.74) is 2.31. The first-order valence-electron chi connectivity index (χ1n) is 10.4. The molecule has 1 N–H and O–H groups in total. The summed E-state index contributed by atoms with van der Waals surface area (Å²) in [6.07, 6.45) is 0. The number of aryl methyl sites for hydroxylation is 1. The number of rotatable bonds is 7. The number of nitrogens with one attached hydrogen (secondary N) is 1. The standard InChI is InChI=1S/C25H28N2O3/c1-19-6-8-21(9-7-19)24(17-27-12-14-29-15-13-27)26-25(28)18-30-23-11-10-20-4-2-3-5-22(20)16-23/h2-11,16,24H,12-15,17-18H2,1H3,(H,26,28)/t24-/m0/s1. The molecule has 1 amide bonds. The van der Waals surface area contributed by atoms with Crippen molar-refractivity contribution < 1.29 is 14.3 Å². The van der Waals surface area contributed by atoms with Crippen molar-refractivity contribution >= 4 is 16.7 Å². The van der Waals surface area contributed by atoms with Gasteiger partial charge in [0, 0.05) is 19.6 Å². The molecule has 156 valence electrons. The second-order valence-corrected chi connectivity index (χ2v) is 7.74. The topological polar surface area (TPSA) is 50.8 Å². The predicted molar refractivity (Wildman–Crippen MR) is 119 cm³/mol. The largest absolute Gasteiger partial charge is 0.484 e. The van der Waals surface area contributed by atoms with E-state index in [9.17, 15) is 4.79 Å². The Morgan fingerprint density at radius 1 is 1.03 bits per heavy atom. The molecule has 3 aromatic rings. The number of carbonyl (C=O) groups is 1. The lowest BCUT2D eigenvalue weighted by Gasteiger charge is -2.31. The molecule has 0 bridgehead atoms. The van der Waals surface area contributed by atoms with E-state index in [4.69, 9.17) is 9.47 Å². The number of nitrogens with zero attached hydrogens (tertiary/aromatic N) is 1. The van der Waals surface area contributed by atoms with E-state index < -0.39 is 0 Å². The van der Waals surface area contributed by atoms with Gasteiger partial charge >= 0.3 is 0 Å². The van der Waals surface area contributed by atoms with E-state index in [1.807, 2.05) is 36.4 Å². The molecule has 30 heavy (non-hydrogen) atoms. The molecule has 1 aliphatic heterocycles. The summed E-state index contributed by atoms with van der Waals surface area (Å²) < 4.78 is 11.2. The second-order valence-electron chi connectivity index (χ2n) is 7.74. The summed E-state index contributed by atoms with van der Waals surface area (Å²) in [6, 6.07) is 22.2. The molecule has 4 rings (SSSR count). The number of hydrogen-bond acceptors (Lipinski definition) is 4. The third-order valence-electron chi connectivity index (χ3n) is 5.45. The van der Waals surface area contributed by atoms with E-state index in [0.29, 0.717) is 5.75 Å². The molecule has 1 saturated heterocycles. The number of carbonyl (C=O) groups excluding carboxylic acids is 1. The molecular weight excluding hydrogens is 376 g/mol. The van der Waals surface area contributed by atoms with Gasteiger partial charge in [-0.05, 0) is 35.4 Å². The van der Waals surface area contributed by atoms with Crippen molar-refractivity contribution in [1.29, 1.82) is 0 Å². The SMILES string of the molecule is Cc1ccc([C@H](CN2CCOCC2)NC(=O)COc2ccc3ccccc3c2)cc1. The van der Waals surface area contributed by atoms with Gasteiger partial charge in [-0.2, -0.15) is 0 Å². The van der Waals surface area contributed by atoms with Crippen LogP contribution in [0.25, 0.3) is 10.8 Å². The molecular formula is C25H28N2O3. The maximum Gasteiger partial charge on any atom is 0.258 e. The zero-order chi connectivity index (χ0) is 20.8. The van der Waals surface area contributed by atoms with Crippen molar-refractivity contribution in [3.63, 3.8) is 0 Å². The molecule has 3 aromatic carbocycles. The van der Waals surface area contributed by atoms with Crippen LogP contribution < -0.4 is 10.1 Å². The Bertz CT molecular complexity index is 981. The Hall–Kier alpha value is -2.89. The van der Waals surface area contributed by atoms with E-state index in [-0.39, 0.29) is 18.6 Å². The number of morpholine rings is 1. The highest BCUT2D eigenvalue weighted by molar-refractivity contribution is 5.84. The first kappa shape index (κ1) is 20.4. The van der Waals surface area contributed by atoms with Gasteiger partial charge in [0.05, 0.1) is 19.3 Å². The quantitative estimate of drug-likeness (QED) is 0.652. The zero-order valence-corrected chi connectivity index (χ0v) is 17.3. The first-order chi connectivity index (χ1) is 14.7. The van der Waals surface area contributed by atoms with E-state index >= 15 is 0 Å². The maximum atomic E-state index is 12.7. The highest BCUT2D eigenvalue weighted by atomic mass is 16.5. The lowest BCUT2D eigenvalue weighted by atomic mass is 10.0. The molecule has 0 saturated carbocycles. The van der Waals surface area contributed by atoms with Crippen LogP contribution in [0.3, 0.4) is 0 Å². The lowest BCUT2D eigenvalue weighted by molar-refractivity contribution is -0.124. The summed E-state index contributed by atoms with van der Waals surface area (Å²) >= 11 is 0. The van der Waals surface area contributed by atoms with Crippen LogP contribution in [0.1, 0.15) is 17.2 Å². The van der Waals surface area contributed by atoms with Crippen LogP contribution in [0, 0.1) is 6.92 Å². The summed E-state index contributed by atoms with van der Waals surface area (Å²) in [4.78, 5) is 15.0. The Balaban J connectivity index is 1.40. The maximum absolute atomic E-state index is 12.7. The number of benzene rings is 3.